The maximum absolute atomic E-state index is 12.6. The summed E-state index contributed by atoms with van der Waals surface area (Å²) in [5.74, 6) is -0.294. The Hall–Kier alpha value is -2.43. The van der Waals surface area contributed by atoms with Crippen LogP contribution in [0.15, 0.2) is 12.1 Å². The Morgan fingerprint density at radius 1 is 1.38 bits per heavy atom. The molecule has 0 spiro atoms. The predicted octanol–water partition coefficient (Wildman–Crippen LogP) is 2.47. The van der Waals surface area contributed by atoms with Gasteiger partial charge in [0, 0.05) is 18.2 Å². The van der Waals surface area contributed by atoms with Gasteiger partial charge in [-0.25, -0.2) is 4.79 Å². The minimum Gasteiger partial charge on any atom is -0.444 e. The van der Waals surface area contributed by atoms with Crippen molar-refractivity contribution in [3.05, 3.63) is 38.4 Å². The van der Waals surface area contributed by atoms with Crippen molar-refractivity contribution in [2.24, 2.45) is 0 Å². The maximum atomic E-state index is 12.6. The molecule has 158 valence electrons. The molecule has 2 amide bonds. The van der Waals surface area contributed by atoms with Crippen LogP contribution in [0.4, 0.5) is 10.5 Å². The summed E-state index contributed by atoms with van der Waals surface area (Å²) in [6.45, 7) is 6.06. The Morgan fingerprint density at radius 2 is 2.03 bits per heavy atom. The van der Waals surface area contributed by atoms with Crippen LogP contribution in [0.5, 0.6) is 0 Å². The molecule has 29 heavy (non-hydrogen) atoms. The lowest BCUT2D eigenvalue weighted by Crippen LogP contribution is -2.50. The third-order valence-electron chi connectivity index (χ3n) is 4.31. The molecule has 1 N–H and O–H groups in total. The van der Waals surface area contributed by atoms with E-state index in [9.17, 15) is 19.7 Å². The number of carbonyl (C=O) groups is 2. The molecule has 0 atom stereocenters. The number of carbonyl (C=O) groups excluding carboxylic acids is 2. The molecule has 1 fully saturated rings. The predicted molar refractivity (Wildman–Crippen MR) is 102 cm³/mol. The molecule has 0 saturated carbocycles. The van der Waals surface area contributed by atoms with Crippen LogP contribution in [-0.4, -0.2) is 59.5 Å². The number of nitro groups is 1. The molecule has 0 radical (unpaired) electrons. The zero-order valence-electron chi connectivity index (χ0n) is 16.3. The number of nitrogens with one attached hydrogen (secondary N) is 1. The fourth-order valence-electron chi connectivity index (χ4n) is 3.06. The highest BCUT2D eigenvalue weighted by atomic mass is 35.5. The number of nitro benzene ring substituents is 1. The summed E-state index contributed by atoms with van der Waals surface area (Å²) in [6, 6.07) is 2.27. The first-order valence-corrected chi connectivity index (χ1v) is 9.40. The van der Waals surface area contributed by atoms with Crippen molar-refractivity contribution in [3.8, 4) is 0 Å². The van der Waals surface area contributed by atoms with Crippen LogP contribution in [0, 0.1) is 10.1 Å². The zero-order valence-corrected chi connectivity index (χ0v) is 17.0. The highest BCUT2D eigenvalue weighted by molar-refractivity contribution is 6.33. The van der Waals surface area contributed by atoms with E-state index in [0.717, 1.165) is 0 Å². The monoisotopic (exact) mass is 427 g/mol. The second kappa shape index (κ2) is 8.13. The van der Waals surface area contributed by atoms with Crippen LogP contribution in [0.3, 0.4) is 0 Å². The summed E-state index contributed by atoms with van der Waals surface area (Å²) in [7, 11) is 0. The first-order chi connectivity index (χ1) is 13.5. The fourth-order valence-corrected chi connectivity index (χ4v) is 3.29. The molecule has 1 saturated heterocycles. The number of amides is 2. The highest BCUT2D eigenvalue weighted by Crippen LogP contribution is 2.33. The van der Waals surface area contributed by atoms with E-state index in [1.807, 2.05) is 0 Å². The molecule has 0 unspecified atom stereocenters. The first kappa shape index (κ1) is 21.3. The number of fused-ring (bicyclic) bond motifs is 1. The minimum atomic E-state index is -0.671. The molecule has 10 nitrogen and oxygen atoms in total. The topological polar surface area (TPSA) is 120 Å². The molecule has 0 bridgehead atoms. The average Bonchev–Trinajstić information content (AvgIpc) is 2.89. The summed E-state index contributed by atoms with van der Waals surface area (Å²) in [4.78, 5) is 36.3. The summed E-state index contributed by atoms with van der Waals surface area (Å²) >= 11 is 5.90. The lowest BCUT2D eigenvalue weighted by Gasteiger charge is -2.32. The number of hydrogen-bond donors (Lipinski definition) is 1. The first-order valence-electron chi connectivity index (χ1n) is 9.02. The van der Waals surface area contributed by atoms with E-state index in [0.29, 0.717) is 11.1 Å². The van der Waals surface area contributed by atoms with E-state index in [1.54, 1.807) is 20.8 Å². The van der Waals surface area contributed by atoms with Crippen LogP contribution < -0.4 is 5.32 Å². The van der Waals surface area contributed by atoms with Gasteiger partial charge in [-0.15, -0.1) is 0 Å². The van der Waals surface area contributed by atoms with Crippen molar-refractivity contribution in [1.82, 2.24) is 10.2 Å². The van der Waals surface area contributed by atoms with Gasteiger partial charge in [0.25, 0.3) is 11.6 Å². The summed E-state index contributed by atoms with van der Waals surface area (Å²) in [5.41, 5.74) is 0.0278. The number of halogens is 1. The van der Waals surface area contributed by atoms with E-state index < -0.39 is 22.9 Å². The molecule has 0 aromatic heterocycles. The molecule has 1 aromatic carbocycles. The fraction of sp³-hybridized carbons (Fsp3) is 0.556. The van der Waals surface area contributed by atoms with Crippen LogP contribution in [0.1, 0.15) is 36.7 Å². The zero-order chi connectivity index (χ0) is 21.3. The second-order valence-corrected chi connectivity index (χ2v) is 8.25. The van der Waals surface area contributed by atoms with Gasteiger partial charge in [0.1, 0.15) is 10.6 Å². The number of rotatable bonds is 4. The number of nitrogens with zero attached hydrogens (tertiary/aromatic N) is 2. The molecule has 1 aromatic rings. The van der Waals surface area contributed by atoms with Gasteiger partial charge in [0.2, 0.25) is 0 Å². The van der Waals surface area contributed by atoms with Crippen LogP contribution >= 0.6 is 11.6 Å². The van der Waals surface area contributed by atoms with E-state index in [1.165, 1.54) is 17.0 Å². The van der Waals surface area contributed by atoms with Gasteiger partial charge >= 0.3 is 6.09 Å². The Labute approximate surface area is 172 Å². The second-order valence-electron chi connectivity index (χ2n) is 7.84. The number of hydrogen-bond acceptors (Lipinski definition) is 7. The third-order valence-corrected chi connectivity index (χ3v) is 4.61. The van der Waals surface area contributed by atoms with Gasteiger partial charge in [0.15, 0.2) is 6.29 Å². The number of benzene rings is 1. The van der Waals surface area contributed by atoms with Gasteiger partial charge in [-0.05, 0) is 32.4 Å². The normalized spacial score (nSPS) is 21.7. The van der Waals surface area contributed by atoms with Gasteiger partial charge in [-0.3, -0.25) is 14.9 Å². The van der Waals surface area contributed by atoms with Gasteiger partial charge in [-0.2, -0.15) is 0 Å². The molecular formula is C18H22ClN3O7. The standard InChI is InChI=1S/C18H22ClN3O7/c1-18(2,3)29-17(24)20-11-8-27-15(28-9-11)7-21-6-10-4-14(22(25)26)13(19)5-12(10)16(21)23/h4-5,11,15H,6-9H2,1-3H3,(H,20,24)/t11-,15+. The Kier molecular flexibility index (Phi) is 5.97. The molecular weight excluding hydrogens is 406 g/mol. The molecule has 2 aliphatic heterocycles. The Morgan fingerprint density at radius 3 is 2.62 bits per heavy atom. The summed E-state index contributed by atoms with van der Waals surface area (Å²) in [5, 5.41) is 13.6. The van der Waals surface area contributed by atoms with Crippen molar-refractivity contribution in [2.45, 2.75) is 45.2 Å². The SMILES string of the molecule is CC(C)(C)OC(=O)N[C@H]1CO[C@@H](CN2Cc3cc([N+](=O)[O-])c(Cl)cc3C2=O)OC1. The smallest absolute Gasteiger partial charge is 0.408 e. The van der Waals surface area contributed by atoms with Crippen LogP contribution in [0.2, 0.25) is 5.02 Å². The molecule has 2 heterocycles. The van der Waals surface area contributed by atoms with Crippen molar-refractivity contribution in [2.75, 3.05) is 19.8 Å². The lowest BCUT2D eigenvalue weighted by atomic mass is 10.1. The van der Waals surface area contributed by atoms with E-state index in [4.69, 9.17) is 25.8 Å². The van der Waals surface area contributed by atoms with Crippen molar-refractivity contribution >= 4 is 29.3 Å². The van der Waals surface area contributed by atoms with E-state index in [2.05, 4.69) is 5.32 Å². The van der Waals surface area contributed by atoms with Gasteiger partial charge in [-0.1, -0.05) is 11.6 Å². The average molecular weight is 428 g/mol. The molecule has 3 rings (SSSR count). The van der Waals surface area contributed by atoms with Crippen LogP contribution in [-0.2, 0) is 20.8 Å². The van der Waals surface area contributed by atoms with Crippen molar-refractivity contribution in [1.29, 1.82) is 0 Å². The molecule has 11 heteroatoms. The largest absolute Gasteiger partial charge is 0.444 e. The lowest BCUT2D eigenvalue weighted by molar-refractivity contribution is -0.384. The minimum absolute atomic E-state index is 0.0785. The van der Waals surface area contributed by atoms with Crippen molar-refractivity contribution < 1.29 is 28.7 Å². The van der Waals surface area contributed by atoms with E-state index >= 15 is 0 Å². The van der Waals surface area contributed by atoms with Crippen molar-refractivity contribution in [3.63, 3.8) is 0 Å². The van der Waals surface area contributed by atoms with Crippen LogP contribution in [0.25, 0.3) is 0 Å². The van der Waals surface area contributed by atoms with Gasteiger partial charge < -0.3 is 24.4 Å². The third kappa shape index (κ3) is 5.14. The van der Waals surface area contributed by atoms with E-state index in [-0.39, 0.29) is 49.0 Å². The molecule has 2 aliphatic rings. The summed E-state index contributed by atoms with van der Waals surface area (Å²) in [6.07, 6.45) is -1.23. The maximum Gasteiger partial charge on any atom is 0.408 e. The Bertz CT molecular complexity index is 831. The number of alkyl carbamates (subject to hydrolysis) is 1. The number of ether oxygens (including phenoxy) is 3. The Balaban J connectivity index is 1.53. The summed E-state index contributed by atoms with van der Waals surface area (Å²) < 4.78 is 16.4. The molecule has 0 aliphatic carbocycles. The van der Waals surface area contributed by atoms with Gasteiger partial charge in [0.05, 0.1) is 30.7 Å². The quantitative estimate of drug-likeness (QED) is 0.578. The highest BCUT2D eigenvalue weighted by Gasteiger charge is 2.34.